The second-order valence-electron chi connectivity index (χ2n) is 8.86. The first-order valence-corrected chi connectivity index (χ1v) is 12.2. The normalized spacial score (nSPS) is 17.2. The van der Waals surface area contributed by atoms with Gasteiger partial charge in [0.1, 0.15) is 5.75 Å². The number of aryl methyl sites for hydroxylation is 1. The molecule has 1 aliphatic heterocycles. The fourth-order valence-electron chi connectivity index (χ4n) is 4.80. The first-order chi connectivity index (χ1) is 17.5. The average molecular weight is 484 g/mol. The number of aromatic nitrogens is 2. The SMILES string of the molecule is CCOC(=O)[C@H]1C(=O)N(Cc2ccc(C)cc2)c2nc3ccccc3n2[C@@H]1c1ccc(OCC)cc1. The van der Waals surface area contributed by atoms with E-state index in [9.17, 15) is 9.59 Å². The van der Waals surface area contributed by atoms with Crippen molar-refractivity contribution in [3.8, 4) is 5.75 Å². The van der Waals surface area contributed by atoms with Crippen LogP contribution in [0, 0.1) is 12.8 Å². The zero-order chi connectivity index (χ0) is 25.2. The number of carbonyl (C=O) groups excluding carboxylic acids is 2. The lowest BCUT2D eigenvalue weighted by molar-refractivity contribution is -0.153. The van der Waals surface area contributed by atoms with E-state index in [-0.39, 0.29) is 12.5 Å². The Bertz CT molecular complexity index is 1390. The van der Waals surface area contributed by atoms with Gasteiger partial charge in [-0.3, -0.25) is 14.5 Å². The molecule has 36 heavy (non-hydrogen) atoms. The van der Waals surface area contributed by atoms with Crippen molar-refractivity contribution in [1.82, 2.24) is 9.55 Å². The van der Waals surface area contributed by atoms with Crippen molar-refractivity contribution in [2.45, 2.75) is 33.4 Å². The number of para-hydroxylation sites is 2. The number of rotatable bonds is 7. The van der Waals surface area contributed by atoms with Crippen LogP contribution >= 0.6 is 0 Å². The van der Waals surface area contributed by atoms with Crippen molar-refractivity contribution < 1.29 is 19.1 Å². The minimum Gasteiger partial charge on any atom is -0.494 e. The van der Waals surface area contributed by atoms with Crippen LogP contribution in [0.1, 0.15) is 36.6 Å². The number of esters is 1. The highest BCUT2D eigenvalue weighted by atomic mass is 16.5. The van der Waals surface area contributed by atoms with Gasteiger partial charge in [-0.25, -0.2) is 4.98 Å². The molecule has 0 unspecified atom stereocenters. The van der Waals surface area contributed by atoms with Crippen LogP contribution < -0.4 is 9.64 Å². The number of benzene rings is 3. The molecule has 1 amide bonds. The molecule has 1 aliphatic rings. The van der Waals surface area contributed by atoms with Crippen LogP contribution in [0.2, 0.25) is 0 Å². The van der Waals surface area contributed by atoms with Gasteiger partial charge in [-0.1, -0.05) is 54.1 Å². The molecule has 0 spiro atoms. The summed E-state index contributed by atoms with van der Waals surface area (Å²) in [6.45, 7) is 6.74. The van der Waals surface area contributed by atoms with Crippen LogP contribution in [0.4, 0.5) is 5.95 Å². The quantitative estimate of drug-likeness (QED) is 0.271. The zero-order valence-electron chi connectivity index (χ0n) is 20.7. The molecule has 0 aliphatic carbocycles. The van der Waals surface area contributed by atoms with E-state index in [2.05, 4.69) is 0 Å². The summed E-state index contributed by atoms with van der Waals surface area (Å²) in [5, 5.41) is 0. The molecule has 184 valence electrons. The second kappa shape index (κ2) is 9.85. The molecule has 0 bridgehead atoms. The van der Waals surface area contributed by atoms with E-state index in [1.54, 1.807) is 11.8 Å². The lowest BCUT2D eigenvalue weighted by Crippen LogP contribution is -2.49. The maximum absolute atomic E-state index is 14.1. The molecular formula is C29H29N3O4. The molecule has 1 aromatic heterocycles. The van der Waals surface area contributed by atoms with Gasteiger partial charge in [-0.05, 0) is 56.2 Å². The first-order valence-electron chi connectivity index (χ1n) is 12.2. The number of carbonyl (C=O) groups is 2. The lowest BCUT2D eigenvalue weighted by Gasteiger charge is -2.38. The summed E-state index contributed by atoms with van der Waals surface area (Å²) < 4.78 is 13.1. The van der Waals surface area contributed by atoms with Gasteiger partial charge < -0.3 is 14.0 Å². The van der Waals surface area contributed by atoms with Crippen LogP contribution in [0.5, 0.6) is 5.75 Å². The molecule has 7 nitrogen and oxygen atoms in total. The molecule has 7 heteroatoms. The summed E-state index contributed by atoms with van der Waals surface area (Å²) in [6.07, 6.45) is 0. The van der Waals surface area contributed by atoms with Crippen LogP contribution in [-0.2, 0) is 20.9 Å². The Morgan fingerprint density at radius 3 is 2.36 bits per heavy atom. The maximum Gasteiger partial charge on any atom is 0.321 e. The van der Waals surface area contributed by atoms with Crippen LogP contribution in [0.25, 0.3) is 11.0 Å². The molecule has 3 aromatic carbocycles. The fraction of sp³-hybridized carbons (Fsp3) is 0.276. The van der Waals surface area contributed by atoms with Crippen LogP contribution in [0.3, 0.4) is 0 Å². The number of anilines is 1. The third kappa shape index (κ3) is 4.21. The molecular weight excluding hydrogens is 454 g/mol. The monoisotopic (exact) mass is 483 g/mol. The number of hydrogen-bond donors (Lipinski definition) is 0. The van der Waals surface area contributed by atoms with Crippen molar-refractivity contribution in [3.63, 3.8) is 0 Å². The number of imidazole rings is 1. The largest absolute Gasteiger partial charge is 0.494 e. The van der Waals surface area contributed by atoms with Gasteiger partial charge in [0.05, 0.1) is 36.8 Å². The van der Waals surface area contributed by atoms with Gasteiger partial charge in [0.2, 0.25) is 11.9 Å². The minimum atomic E-state index is -1.06. The van der Waals surface area contributed by atoms with E-state index >= 15 is 0 Å². The Hall–Kier alpha value is -4.13. The fourth-order valence-corrected chi connectivity index (χ4v) is 4.80. The summed E-state index contributed by atoms with van der Waals surface area (Å²) >= 11 is 0. The van der Waals surface area contributed by atoms with Gasteiger partial charge >= 0.3 is 5.97 Å². The van der Waals surface area contributed by atoms with Gasteiger partial charge in [0.15, 0.2) is 5.92 Å². The highest BCUT2D eigenvalue weighted by molar-refractivity contribution is 6.08. The number of fused-ring (bicyclic) bond motifs is 3. The highest BCUT2D eigenvalue weighted by Gasteiger charge is 2.47. The smallest absolute Gasteiger partial charge is 0.321 e. The number of hydrogen-bond acceptors (Lipinski definition) is 5. The molecule has 5 rings (SSSR count). The van der Waals surface area contributed by atoms with Gasteiger partial charge in [0, 0.05) is 0 Å². The van der Waals surface area contributed by atoms with E-state index in [0.29, 0.717) is 19.1 Å². The number of amides is 1. The van der Waals surface area contributed by atoms with E-state index in [0.717, 1.165) is 33.5 Å². The third-order valence-electron chi connectivity index (χ3n) is 6.48. The lowest BCUT2D eigenvalue weighted by atomic mass is 9.89. The predicted octanol–water partition coefficient (Wildman–Crippen LogP) is 5.06. The van der Waals surface area contributed by atoms with Crippen molar-refractivity contribution in [1.29, 1.82) is 0 Å². The standard InChI is InChI=1S/C29H29N3O4/c1-4-35-22-16-14-21(15-17-22)26-25(28(34)36-5-2)27(33)31(18-20-12-10-19(3)11-13-20)29-30-23-8-6-7-9-24(23)32(26)29/h6-17,25-26H,4-5,18H2,1-3H3/t25-,26-/m1/s1. The van der Waals surface area contributed by atoms with E-state index in [1.165, 1.54) is 0 Å². The molecule has 2 atom stereocenters. The number of ether oxygens (including phenoxy) is 2. The molecule has 4 aromatic rings. The second-order valence-corrected chi connectivity index (χ2v) is 8.86. The van der Waals surface area contributed by atoms with Gasteiger partial charge in [0.25, 0.3) is 0 Å². The van der Waals surface area contributed by atoms with Crippen molar-refractivity contribution in [2.24, 2.45) is 5.92 Å². The summed E-state index contributed by atoms with van der Waals surface area (Å²) in [7, 11) is 0. The van der Waals surface area contributed by atoms with Crippen molar-refractivity contribution >= 4 is 28.9 Å². The zero-order valence-corrected chi connectivity index (χ0v) is 20.7. The van der Waals surface area contributed by atoms with Crippen LogP contribution in [-0.4, -0.2) is 34.6 Å². The molecule has 0 fully saturated rings. The van der Waals surface area contributed by atoms with Crippen molar-refractivity contribution in [2.75, 3.05) is 18.1 Å². The van der Waals surface area contributed by atoms with Gasteiger partial charge in [-0.2, -0.15) is 0 Å². The molecule has 0 N–H and O–H groups in total. The maximum atomic E-state index is 14.1. The van der Waals surface area contributed by atoms with Crippen LogP contribution in [0.15, 0.2) is 72.8 Å². The first kappa shape index (κ1) is 23.6. The topological polar surface area (TPSA) is 73.7 Å². The Balaban J connectivity index is 1.70. The Morgan fingerprint density at radius 2 is 1.67 bits per heavy atom. The summed E-state index contributed by atoms with van der Waals surface area (Å²) in [6, 6.07) is 22.7. The van der Waals surface area contributed by atoms with E-state index < -0.39 is 17.9 Å². The molecule has 0 radical (unpaired) electrons. The number of nitrogens with zero attached hydrogens (tertiary/aromatic N) is 3. The van der Waals surface area contributed by atoms with Gasteiger partial charge in [-0.15, -0.1) is 0 Å². The summed E-state index contributed by atoms with van der Waals surface area (Å²) in [5.74, 6) is -0.679. The van der Waals surface area contributed by atoms with E-state index in [4.69, 9.17) is 14.5 Å². The average Bonchev–Trinajstić information content (AvgIpc) is 3.27. The minimum absolute atomic E-state index is 0.189. The molecule has 2 heterocycles. The third-order valence-corrected chi connectivity index (χ3v) is 6.48. The summed E-state index contributed by atoms with van der Waals surface area (Å²) in [4.78, 5) is 33.9. The summed E-state index contributed by atoms with van der Waals surface area (Å²) in [5.41, 5.74) is 4.51. The molecule has 0 saturated carbocycles. The Kier molecular flexibility index (Phi) is 6.46. The Morgan fingerprint density at radius 1 is 0.944 bits per heavy atom. The molecule has 0 saturated heterocycles. The predicted molar refractivity (Wildman–Crippen MR) is 138 cm³/mol. The van der Waals surface area contributed by atoms with Crippen molar-refractivity contribution in [3.05, 3.63) is 89.5 Å². The van der Waals surface area contributed by atoms with E-state index in [1.807, 2.05) is 91.2 Å². The highest BCUT2D eigenvalue weighted by Crippen LogP contribution is 2.42. The Labute approximate surface area is 210 Å².